The molecule has 1 aromatic heterocycles. The van der Waals surface area contributed by atoms with Gasteiger partial charge in [0, 0.05) is 17.8 Å². The first-order valence-corrected chi connectivity index (χ1v) is 8.50. The Kier molecular flexibility index (Phi) is 6.03. The Morgan fingerprint density at radius 3 is 2.79 bits per heavy atom. The van der Waals surface area contributed by atoms with Crippen LogP contribution in [0.15, 0.2) is 29.6 Å². The maximum absolute atomic E-state index is 13.2. The van der Waals surface area contributed by atoms with E-state index in [0.29, 0.717) is 17.8 Å². The largest absolute Gasteiger partial charge is 0.480 e. The Morgan fingerprint density at radius 1 is 1.42 bits per heavy atom. The molecule has 0 aliphatic carbocycles. The molecular weight excluding hydrogens is 331 g/mol. The number of nitrogens with zero attached hydrogens (tertiary/aromatic N) is 2. The quantitative estimate of drug-likeness (QED) is 0.832. The number of benzene rings is 1. The lowest BCUT2D eigenvalue weighted by Gasteiger charge is -2.26. The molecule has 0 saturated heterocycles. The van der Waals surface area contributed by atoms with Crippen LogP contribution in [0.1, 0.15) is 41.3 Å². The van der Waals surface area contributed by atoms with Gasteiger partial charge in [-0.2, -0.15) is 0 Å². The summed E-state index contributed by atoms with van der Waals surface area (Å²) in [6.07, 6.45) is 1.08. The van der Waals surface area contributed by atoms with Gasteiger partial charge in [0.15, 0.2) is 0 Å². The van der Waals surface area contributed by atoms with Crippen LogP contribution in [0.4, 0.5) is 4.39 Å². The second-order valence-corrected chi connectivity index (χ2v) is 6.46. The number of aromatic nitrogens is 1. The molecule has 1 atom stereocenters. The normalized spacial score (nSPS) is 12.0. The first-order valence-electron chi connectivity index (χ1n) is 7.62. The molecule has 7 heteroatoms. The molecule has 0 aliphatic heterocycles. The maximum Gasteiger partial charge on any atom is 0.323 e. The molecular formula is C17H19FN2O3S. The molecule has 0 aliphatic rings. The number of carbonyl (C=O) groups is 2. The van der Waals surface area contributed by atoms with Gasteiger partial charge in [-0.05, 0) is 31.0 Å². The molecule has 1 amide bonds. The van der Waals surface area contributed by atoms with Gasteiger partial charge >= 0.3 is 5.97 Å². The van der Waals surface area contributed by atoms with E-state index in [1.165, 1.54) is 28.4 Å². The van der Waals surface area contributed by atoms with E-state index in [0.717, 1.165) is 5.56 Å². The maximum atomic E-state index is 13.2. The van der Waals surface area contributed by atoms with Crippen molar-refractivity contribution in [2.45, 2.75) is 32.7 Å². The van der Waals surface area contributed by atoms with Crippen molar-refractivity contribution >= 4 is 23.2 Å². The van der Waals surface area contributed by atoms with Crippen molar-refractivity contribution in [3.63, 3.8) is 0 Å². The highest BCUT2D eigenvalue weighted by Crippen LogP contribution is 2.18. The van der Waals surface area contributed by atoms with Gasteiger partial charge in [0.05, 0.1) is 5.01 Å². The minimum Gasteiger partial charge on any atom is -0.480 e. The van der Waals surface area contributed by atoms with E-state index < -0.39 is 11.9 Å². The van der Waals surface area contributed by atoms with Crippen molar-refractivity contribution in [1.29, 1.82) is 0 Å². The molecule has 0 saturated carbocycles. The van der Waals surface area contributed by atoms with Crippen LogP contribution in [0, 0.1) is 5.82 Å². The van der Waals surface area contributed by atoms with Crippen LogP contribution in [0.3, 0.4) is 0 Å². The smallest absolute Gasteiger partial charge is 0.323 e. The number of carboxylic acid groups (broad SMARTS) is 1. The zero-order valence-corrected chi connectivity index (χ0v) is 14.3. The summed E-state index contributed by atoms with van der Waals surface area (Å²) in [5.74, 6) is -1.77. The number of thiazole rings is 1. The van der Waals surface area contributed by atoms with Crippen molar-refractivity contribution < 1.29 is 19.1 Å². The molecule has 0 bridgehead atoms. The van der Waals surface area contributed by atoms with Gasteiger partial charge in [0.1, 0.15) is 18.1 Å². The van der Waals surface area contributed by atoms with Gasteiger partial charge in [0.25, 0.3) is 5.91 Å². The number of carbonyl (C=O) groups excluding carboxylic acids is 1. The Balaban J connectivity index is 2.15. The van der Waals surface area contributed by atoms with Crippen LogP contribution in [0.5, 0.6) is 0 Å². The number of hydrogen-bond donors (Lipinski definition) is 1. The summed E-state index contributed by atoms with van der Waals surface area (Å²) >= 11 is 1.31. The van der Waals surface area contributed by atoms with Crippen molar-refractivity contribution in [1.82, 2.24) is 9.88 Å². The second kappa shape index (κ2) is 8.01. The lowest BCUT2D eigenvalue weighted by atomic mass is 10.1. The molecule has 1 N–H and O–H groups in total. The molecule has 2 aromatic rings. The zero-order chi connectivity index (χ0) is 17.7. The molecule has 0 radical (unpaired) electrons. The molecule has 1 unspecified atom stereocenters. The van der Waals surface area contributed by atoms with E-state index >= 15 is 0 Å². The Bertz CT molecular complexity index is 732. The summed E-state index contributed by atoms with van der Waals surface area (Å²) in [5, 5.41) is 11.3. The monoisotopic (exact) mass is 350 g/mol. The topological polar surface area (TPSA) is 70.5 Å². The third kappa shape index (κ3) is 4.61. The standard InChI is InChI=1S/C17H19FN2O3S/c1-3-11(2)20(9-16(21)22)17(23)14-10-24-15(19-14)8-12-5-4-6-13(18)7-12/h4-7,10-11H,3,8-9H2,1-2H3,(H,21,22). The number of halogens is 1. The number of hydrogen-bond acceptors (Lipinski definition) is 4. The van der Waals surface area contributed by atoms with Gasteiger partial charge < -0.3 is 10.0 Å². The van der Waals surface area contributed by atoms with Crippen LogP contribution in [-0.2, 0) is 11.2 Å². The summed E-state index contributed by atoms with van der Waals surface area (Å²) in [5.41, 5.74) is 1.00. The first-order chi connectivity index (χ1) is 11.4. The van der Waals surface area contributed by atoms with E-state index in [1.54, 1.807) is 24.4 Å². The summed E-state index contributed by atoms with van der Waals surface area (Å²) in [6, 6.07) is 6.03. The highest BCUT2D eigenvalue weighted by atomic mass is 32.1. The van der Waals surface area contributed by atoms with Crippen molar-refractivity contribution in [3.05, 3.63) is 51.7 Å². The highest BCUT2D eigenvalue weighted by molar-refractivity contribution is 7.09. The van der Waals surface area contributed by atoms with E-state index in [2.05, 4.69) is 4.98 Å². The van der Waals surface area contributed by atoms with Gasteiger partial charge in [-0.25, -0.2) is 9.37 Å². The average molecular weight is 350 g/mol. The Hall–Kier alpha value is -2.28. The van der Waals surface area contributed by atoms with Crippen LogP contribution in [0.2, 0.25) is 0 Å². The van der Waals surface area contributed by atoms with E-state index in [4.69, 9.17) is 5.11 Å². The fourth-order valence-electron chi connectivity index (χ4n) is 2.25. The molecule has 1 heterocycles. The van der Waals surface area contributed by atoms with Crippen LogP contribution in [-0.4, -0.2) is 39.5 Å². The number of carboxylic acids is 1. The lowest BCUT2D eigenvalue weighted by Crippen LogP contribution is -2.42. The predicted molar refractivity (Wildman–Crippen MR) is 89.7 cm³/mol. The predicted octanol–water partition coefficient (Wildman–Crippen LogP) is 3.20. The van der Waals surface area contributed by atoms with Crippen molar-refractivity contribution in [3.8, 4) is 0 Å². The molecule has 0 spiro atoms. The van der Waals surface area contributed by atoms with E-state index in [-0.39, 0.29) is 24.1 Å². The number of amides is 1. The summed E-state index contributed by atoms with van der Waals surface area (Å²) in [6.45, 7) is 3.34. The van der Waals surface area contributed by atoms with E-state index in [1.807, 2.05) is 6.92 Å². The minimum absolute atomic E-state index is 0.193. The lowest BCUT2D eigenvalue weighted by molar-refractivity contribution is -0.138. The molecule has 1 aromatic carbocycles. The summed E-state index contributed by atoms with van der Waals surface area (Å²) in [4.78, 5) is 29.1. The van der Waals surface area contributed by atoms with E-state index in [9.17, 15) is 14.0 Å². The van der Waals surface area contributed by atoms with Gasteiger partial charge in [-0.1, -0.05) is 19.1 Å². The van der Waals surface area contributed by atoms with Crippen LogP contribution < -0.4 is 0 Å². The zero-order valence-electron chi connectivity index (χ0n) is 13.5. The minimum atomic E-state index is -1.06. The summed E-state index contributed by atoms with van der Waals surface area (Å²) in [7, 11) is 0. The molecule has 128 valence electrons. The molecule has 24 heavy (non-hydrogen) atoms. The highest BCUT2D eigenvalue weighted by Gasteiger charge is 2.24. The Labute approximate surface area is 143 Å². The number of rotatable bonds is 7. The fraction of sp³-hybridized carbons (Fsp3) is 0.353. The first kappa shape index (κ1) is 18.1. The van der Waals surface area contributed by atoms with Crippen molar-refractivity contribution in [2.24, 2.45) is 0 Å². The fourth-order valence-corrected chi connectivity index (χ4v) is 3.06. The summed E-state index contributed by atoms with van der Waals surface area (Å²) < 4.78 is 13.2. The van der Waals surface area contributed by atoms with Gasteiger partial charge in [0.2, 0.25) is 0 Å². The SMILES string of the molecule is CCC(C)N(CC(=O)O)C(=O)c1csc(Cc2cccc(F)c2)n1. The van der Waals surface area contributed by atoms with Gasteiger partial charge in [-0.15, -0.1) is 11.3 Å². The second-order valence-electron chi connectivity index (χ2n) is 5.52. The average Bonchev–Trinajstić information content (AvgIpc) is 2.99. The molecule has 0 fully saturated rings. The van der Waals surface area contributed by atoms with Crippen molar-refractivity contribution in [2.75, 3.05) is 6.54 Å². The van der Waals surface area contributed by atoms with Gasteiger partial charge in [-0.3, -0.25) is 9.59 Å². The third-order valence-electron chi connectivity index (χ3n) is 3.70. The Morgan fingerprint density at radius 2 is 2.17 bits per heavy atom. The van der Waals surface area contributed by atoms with Crippen LogP contribution >= 0.6 is 11.3 Å². The van der Waals surface area contributed by atoms with Crippen LogP contribution in [0.25, 0.3) is 0 Å². The molecule has 2 rings (SSSR count). The third-order valence-corrected chi connectivity index (χ3v) is 4.55. The number of aliphatic carboxylic acids is 1. The molecule has 5 nitrogen and oxygen atoms in total.